The fraction of sp³-hybridized carbons (Fsp3) is 0.364. The van der Waals surface area contributed by atoms with Crippen LogP contribution in [-0.2, 0) is 10.3 Å². The molecule has 0 heterocycles. The number of hydrogen-bond donors (Lipinski definition) is 3. The summed E-state index contributed by atoms with van der Waals surface area (Å²) < 4.78 is 4.98. The van der Waals surface area contributed by atoms with Crippen LogP contribution in [-0.4, -0.2) is 25.2 Å². The van der Waals surface area contributed by atoms with E-state index < -0.39 is 11.4 Å². The van der Waals surface area contributed by atoms with Gasteiger partial charge in [-0.25, -0.2) is 0 Å². The molecule has 0 fully saturated rings. The highest BCUT2D eigenvalue weighted by molar-refractivity contribution is 5.85. The van der Waals surface area contributed by atoms with E-state index in [0.717, 1.165) is 0 Å². The molecular formula is C11H16N2O3. The van der Waals surface area contributed by atoms with E-state index in [-0.39, 0.29) is 5.75 Å². The number of aromatic hydroxyl groups is 1. The van der Waals surface area contributed by atoms with Gasteiger partial charge < -0.3 is 20.9 Å². The fourth-order valence-corrected chi connectivity index (χ4v) is 1.40. The third-order valence-corrected chi connectivity index (χ3v) is 2.75. The third kappa shape index (κ3) is 1.94. The maximum atomic E-state index is 11.4. The highest BCUT2D eigenvalue weighted by Crippen LogP contribution is 2.31. The molecular weight excluding hydrogens is 208 g/mol. The van der Waals surface area contributed by atoms with Crippen molar-refractivity contribution in [1.82, 2.24) is 5.32 Å². The molecule has 0 aliphatic rings. The largest absolute Gasteiger partial charge is 0.504 e. The second-order valence-electron chi connectivity index (χ2n) is 3.63. The number of hydrogen-bond acceptors (Lipinski definition) is 4. The molecule has 88 valence electrons. The average Bonchev–Trinajstić information content (AvgIpc) is 2.28. The molecule has 0 spiro atoms. The number of phenolic OH excluding ortho intramolecular Hbond substituents is 1. The minimum atomic E-state index is -0.985. The summed E-state index contributed by atoms with van der Waals surface area (Å²) in [5, 5.41) is 12.3. The number of ether oxygens (including phenoxy) is 1. The van der Waals surface area contributed by atoms with Crippen LogP contribution in [0.3, 0.4) is 0 Å². The Morgan fingerprint density at radius 2 is 2.19 bits per heavy atom. The van der Waals surface area contributed by atoms with Crippen LogP contribution in [0.2, 0.25) is 0 Å². The van der Waals surface area contributed by atoms with Crippen LogP contribution < -0.4 is 15.8 Å². The van der Waals surface area contributed by atoms with Gasteiger partial charge in [0.1, 0.15) is 5.54 Å². The molecule has 0 saturated carbocycles. The lowest BCUT2D eigenvalue weighted by atomic mass is 9.91. The van der Waals surface area contributed by atoms with Gasteiger partial charge in [-0.2, -0.15) is 0 Å². The van der Waals surface area contributed by atoms with Gasteiger partial charge >= 0.3 is 0 Å². The van der Waals surface area contributed by atoms with Crippen LogP contribution in [0.4, 0.5) is 0 Å². The van der Waals surface area contributed by atoms with Crippen LogP contribution >= 0.6 is 0 Å². The van der Waals surface area contributed by atoms with Gasteiger partial charge in [0, 0.05) is 0 Å². The number of rotatable bonds is 4. The number of benzene rings is 1. The number of nitrogens with two attached hydrogens (primary N) is 1. The van der Waals surface area contributed by atoms with Crippen molar-refractivity contribution < 1.29 is 14.6 Å². The zero-order valence-electron chi connectivity index (χ0n) is 9.57. The monoisotopic (exact) mass is 224 g/mol. The molecule has 0 saturated heterocycles. The zero-order valence-corrected chi connectivity index (χ0v) is 9.57. The summed E-state index contributed by atoms with van der Waals surface area (Å²) in [4.78, 5) is 11.4. The molecule has 1 rings (SSSR count). The molecule has 1 aromatic rings. The highest BCUT2D eigenvalue weighted by Gasteiger charge is 2.31. The summed E-state index contributed by atoms with van der Waals surface area (Å²) in [7, 11) is 3.09. The molecule has 0 aliphatic carbocycles. The molecule has 0 radical (unpaired) electrons. The van der Waals surface area contributed by atoms with Crippen molar-refractivity contribution in [3.05, 3.63) is 23.8 Å². The first-order valence-electron chi connectivity index (χ1n) is 4.82. The summed E-state index contributed by atoms with van der Waals surface area (Å²) in [5.41, 5.74) is 4.99. The molecule has 0 bridgehead atoms. The van der Waals surface area contributed by atoms with E-state index in [1.165, 1.54) is 13.2 Å². The molecule has 0 aliphatic heterocycles. The van der Waals surface area contributed by atoms with Crippen LogP contribution in [0.15, 0.2) is 18.2 Å². The lowest BCUT2D eigenvalue weighted by Gasteiger charge is -2.26. The minimum Gasteiger partial charge on any atom is -0.504 e. The molecule has 1 unspecified atom stereocenters. The fourth-order valence-electron chi connectivity index (χ4n) is 1.40. The molecule has 16 heavy (non-hydrogen) atoms. The van der Waals surface area contributed by atoms with Gasteiger partial charge in [0.25, 0.3) is 0 Å². The van der Waals surface area contributed by atoms with E-state index in [4.69, 9.17) is 10.5 Å². The van der Waals surface area contributed by atoms with Crippen molar-refractivity contribution in [3.63, 3.8) is 0 Å². The molecule has 5 heteroatoms. The van der Waals surface area contributed by atoms with Crippen molar-refractivity contribution in [2.75, 3.05) is 14.2 Å². The first-order chi connectivity index (χ1) is 7.45. The van der Waals surface area contributed by atoms with Crippen LogP contribution in [0.5, 0.6) is 11.5 Å². The average molecular weight is 224 g/mol. The number of methoxy groups -OCH3 is 1. The molecule has 4 N–H and O–H groups in total. The predicted octanol–water partition coefficient (Wildman–Crippen LogP) is 0.321. The number of carbonyl (C=O) groups is 1. The van der Waals surface area contributed by atoms with Crippen LogP contribution in [0, 0.1) is 0 Å². The SMILES string of the molecule is CNC(C)(C(N)=O)c1ccc(O)c(OC)c1. The van der Waals surface area contributed by atoms with Gasteiger partial charge in [-0.05, 0) is 31.7 Å². The predicted molar refractivity (Wildman–Crippen MR) is 60.3 cm³/mol. The first kappa shape index (κ1) is 12.3. The maximum absolute atomic E-state index is 11.4. The minimum absolute atomic E-state index is 0.0224. The van der Waals surface area contributed by atoms with E-state index in [9.17, 15) is 9.90 Å². The van der Waals surface area contributed by atoms with Crippen molar-refractivity contribution in [1.29, 1.82) is 0 Å². The summed E-state index contributed by atoms with van der Waals surface area (Å²) in [6.07, 6.45) is 0. The van der Waals surface area contributed by atoms with E-state index in [2.05, 4.69) is 5.32 Å². The normalized spacial score (nSPS) is 14.2. The summed E-state index contributed by atoms with van der Waals surface area (Å²) >= 11 is 0. The molecule has 1 amide bonds. The third-order valence-electron chi connectivity index (χ3n) is 2.75. The second-order valence-corrected chi connectivity index (χ2v) is 3.63. The van der Waals surface area contributed by atoms with Crippen molar-refractivity contribution in [3.8, 4) is 11.5 Å². The Balaban J connectivity index is 3.27. The Labute approximate surface area is 94.2 Å². The van der Waals surface area contributed by atoms with E-state index >= 15 is 0 Å². The van der Waals surface area contributed by atoms with E-state index in [1.807, 2.05) is 0 Å². The van der Waals surface area contributed by atoms with E-state index in [0.29, 0.717) is 11.3 Å². The Bertz CT molecular complexity index is 406. The number of amides is 1. The van der Waals surface area contributed by atoms with E-state index in [1.54, 1.807) is 26.1 Å². The number of carbonyl (C=O) groups excluding carboxylic acids is 1. The number of primary amides is 1. The lowest BCUT2D eigenvalue weighted by Crippen LogP contribution is -2.48. The van der Waals surface area contributed by atoms with Gasteiger partial charge in [-0.15, -0.1) is 0 Å². The van der Waals surface area contributed by atoms with Gasteiger partial charge in [0.05, 0.1) is 7.11 Å². The Kier molecular flexibility index (Phi) is 3.39. The molecule has 5 nitrogen and oxygen atoms in total. The molecule has 1 aromatic carbocycles. The molecule has 0 aromatic heterocycles. The topological polar surface area (TPSA) is 84.6 Å². The van der Waals surface area contributed by atoms with Crippen LogP contribution in [0.1, 0.15) is 12.5 Å². The molecule has 1 atom stereocenters. The Hall–Kier alpha value is -1.75. The lowest BCUT2D eigenvalue weighted by molar-refractivity contribution is -0.123. The highest BCUT2D eigenvalue weighted by atomic mass is 16.5. The second kappa shape index (κ2) is 4.40. The number of phenols is 1. The summed E-state index contributed by atoms with van der Waals surface area (Å²) in [6.45, 7) is 1.67. The number of nitrogens with one attached hydrogen (secondary N) is 1. The van der Waals surface area contributed by atoms with Crippen LogP contribution in [0.25, 0.3) is 0 Å². The number of likely N-dealkylation sites (N-methyl/N-ethyl adjacent to an activating group) is 1. The smallest absolute Gasteiger partial charge is 0.242 e. The summed E-state index contributed by atoms with van der Waals surface area (Å²) in [6, 6.07) is 4.67. The van der Waals surface area contributed by atoms with Gasteiger partial charge in [0.2, 0.25) is 5.91 Å². The zero-order chi connectivity index (χ0) is 12.3. The van der Waals surface area contributed by atoms with Crippen molar-refractivity contribution in [2.45, 2.75) is 12.5 Å². The maximum Gasteiger partial charge on any atom is 0.242 e. The van der Waals surface area contributed by atoms with Crippen molar-refractivity contribution in [2.24, 2.45) is 5.73 Å². The van der Waals surface area contributed by atoms with Gasteiger partial charge in [-0.1, -0.05) is 6.07 Å². The van der Waals surface area contributed by atoms with Gasteiger partial charge in [0.15, 0.2) is 11.5 Å². The quantitative estimate of drug-likeness (QED) is 0.687. The van der Waals surface area contributed by atoms with Gasteiger partial charge in [-0.3, -0.25) is 4.79 Å². The Morgan fingerprint density at radius 1 is 1.56 bits per heavy atom. The Morgan fingerprint density at radius 3 is 2.62 bits per heavy atom. The standard InChI is InChI=1S/C11H16N2O3/c1-11(13-2,10(12)15)7-4-5-8(14)9(6-7)16-3/h4-6,13-14H,1-3H3,(H2,12,15). The van der Waals surface area contributed by atoms with Crippen molar-refractivity contribution >= 4 is 5.91 Å². The summed E-state index contributed by atoms with van der Waals surface area (Å²) in [5.74, 6) is -0.169. The first-order valence-corrected chi connectivity index (χ1v) is 4.82.